The highest BCUT2D eigenvalue weighted by atomic mass is 32.2. The van der Waals surface area contributed by atoms with Gasteiger partial charge in [-0.05, 0) is 36.8 Å². The molecule has 0 aromatic heterocycles. The normalized spacial score (nSPS) is 15.8. The first-order valence-corrected chi connectivity index (χ1v) is 11.3. The van der Waals surface area contributed by atoms with Crippen molar-refractivity contribution < 1.29 is 0 Å². The molecule has 0 bridgehead atoms. The van der Waals surface area contributed by atoms with E-state index in [2.05, 4.69) is 36.1 Å². The Bertz CT molecular complexity index is 501. The van der Waals surface area contributed by atoms with E-state index in [0.29, 0.717) is 0 Å². The minimum Gasteiger partial charge on any atom is -0.233 e. The van der Waals surface area contributed by atoms with Crippen LogP contribution in [0.3, 0.4) is 0 Å². The quantitative estimate of drug-likeness (QED) is 0.338. The van der Waals surface area contributed by atoms with Gasteiger partial charge in [-0.1, -0.05) is 49.6 Å². The van der Waals surface area contributed by atoms with Gasteiger partial charge >= 0.3 is 0 Å². The lowest BCUT2D eigenvalue weighted by atomic mass is 10.3. The molecule has 0 atom stereocenters. The number of aliphatic imine (C=N–C) groups is 1. The molecule has 0 amide bonds. The van der Waals surface area contributed by atoms with Gasteiger partial charge in [0.15, 0.2) is 0 Å². The van der Waals surface area contributed by atoms with Gasteiger partial charge in [0.1, 0.15) is 13.1 Å². The molecule has 1 saturated carbocycles. The van der Waals surface area contributed by atoms with Gasteiger partial charge in [0, 0.05) is 5.75 Å². The van der Waals surface area contributed by atoms with Crippen molar-refractivity contribution >= 4 is 30.6 Å². The van der Waals surface area contributed by atoms with Crippen LogP contribution in [-0.4, -0.2) is 18.9 Å². The predicted molar refractivity (Wildman–Crippen MR) is 89.8 cm³/mol. The van der Waals surface area contributed by atoms with E-state index in [1.807, 2.05) is 42.1 Å². The fraction of sp³-hybridized carbons (Fsp3) is 0.438. The average molecular weight is 288 g/mol. The molecular weight excluding hydrogens is 266 g/mol. The Hall–Kier alpha value is -0.983. The van der Waals surface area contributed by atoms with E-state index in [1.165, 1.54) is 18.6 Å². The lowest BCUT2D eigenvalue weighted by Gasteiger charge is -2.04. The number of rotatable bonds is 3. The van der Waals surface area contributed by atoms with Crippen LogP contribution in [0.15, 0.2) is 35.3 Å². The molecular formula is C16H21NSSi. The van der Waals surface area contributed by atoms with E-state index in [1.54, 1.807) is 0 Å². The molecule has 0 radical (unpaired) electrons. The summed E-state index contributed by atoms with van der Waals surface area (Å²) >= 11 is 1.83. The largest absolute Gasteiger partial charge is 0.233 e. The monoisotopic (exact) mass is 287 g/mol. The Labute approximate surface area is 121 Å². The van der Waals surface area contributed by atoms with Crippen LogP contribution in [-0.2, 0) is 0 Å². The number of thioether (sulfide) groups is 1. The van der Waals surface area contributed by atoms with Crippen molar-refractivity contribution in [3.63, 3.8) is 0 Å². The van der Waals surface area contributed by atoms with Crippen molar-refractivity contribution in [3.8, 4) is 11.5 Å². The van der Waals surface area contributed by atoms with Gasteiger partial charge in [0.05, 0.1) is 5.69 Å². The van der Waals surface area contributed by atoms with E-state index in [4.69, 9.17) is 0 Å². The average Bonchev–Trinajstić information content (AvgIpc) is 3.17. The molecule has 0 unspecified atom stereocenters. The first-order valence-electron chi connectivity index (χ1n) is 6.83. The summed E-state index contributed by atoms with van der Waals surface area (Å²) in [7, 11) is -1.33. The van der Waals surface area contributed by atoms with Crippen LogP contribution < -0.4 is 0 Å². The zero-order valence-electron chi connectivity index (χ0n) is 11.9. The third-order valence-electron chi connectivity index (χ3n) is 2.68. The van der Waals surface area contributed by atoms with Crippen LogP contribution in [0.4, 0.5) is 5.69 Å². The molecule has 1 aliphatic rings. The van der Waals surface area contributed by atoms with Gasteiger partial charge in [-0.3, -0.25) is 0 Å². The summed E-state index contributed by atoms with van der Waals surface area (Å²) in [6, 6.07) is 10.1. The summed E-state index contributed by atoms with van der Waals surface area (Å²) in [5, 5.41) is 0.987. The molecule has 1 nitrogen and oxygen atoms in total. The maximum Gasteiger partial charge on any atom is 0.146 e. The third-order valence-corrected chi connectivity index (χ3v) is 4.66. The second-order valence-corrected chi connectivity index (χ2v) is 11.8. The molecule has 2 rings (SSSR count). The SMILES string of the molecule is C[Si](C)(C)C#CC(=Nc1ccccc1)SCC1CC1. The Morgan fingerprint density at radius 2 is 1.95 bits per heavy atom. The number of hydrogen-bond acceptors (Lipinski definition) is 2. The summed E-state index contributed by atoms with van der Waals surface area (Å²) < 4.78 is 0. The molecule has 100 valence electrons. The molecule has 1 aromatic rings. The second-order valence-electron chi connectivity index (χ2n) is 6.01. The fourth-order valence-electron chi connectivity index (χ4n) is 1.44. The van der Waals surface area contributed by atoms with E-state index < -0.39 is 8.07 Å². The zero-order valence-corrected chi connectivity index (χ0v) is 13.8. The van der Waals surface area contributed by atoms with Gasteiger partial charge in [0.2, 0.25) is 0 Å². The van der Waals surface area contributed by atoms with Crippen molar-refractivity contribution in [2.45, 2.75) is 32.5 Å². The van der Waals surface area contributed by atoms with E-state index >= 15 is 0 Å². The summed E-state index contributed by atoms with van der Waals surface area (Å²) in [6.45, 7) is 6.81. The van der Waals surface area contributed by atoms with Gasteiger partial charge in [-0.25, -0.2) is 4.99 Å². The van der Waals surface area contributed by atoms with Crippen molar-refractivity contribution in [1.82, 2.24) is 0 Å². The Morgan fingerprint density at radius 1 is 1.26 bits per heavy atom. The summed E-state index contributed by atoms with van der Waals surface area (Å²) in [4.78, 5) is 4.69. The molecule has 3 heteroatoms. The predicted octanol–water partition coefficient (Wildman–Crippen LogP) is 4.74. The third kappa shape index (κ3) is 6.13. The standard InChI is InChI=1S/C16H21NSSi/c1-19(2,3)12-11-16(18-13-14-9-10-14)17-15-7-5-4-6-8-15/h4-8,14H,9-10,13H2,1-3H3. The molecule has 0 heterocycles. The number of nitrogens with zero attached hydrogens (tertiary/aromatic N) is 1. The van der Waals surface area contributed by atoms with Crippen molar-refractivity contribution in [2.75, 3.05) is 5.75 Å². The van der Waals surface area contributed by atoms with Gasteiger partial charge in [-0.2, -0.15) is 0 Å². The Kier molecular flexibility index (Phi) is 4.90. The van der Waals surface area contributed by atoms with Crippen LogP contribution in [0.5, 0.6) is 0 Å². The lowest BCUT2D eigenvalue weighted by Crippen LogP contribution is -2.16. The molecule has 19 heavy (non-hydrogen) atoms. The van der Waals surface area contributed by atoms with Crippen LogP contribution >= 0.6 is 11.8 Å². The van der Waals surface area contributed by atoms with E-state index in [-0.39, 0.29) is 0 Å². The van der Waals surface area contributed by atoms with Crippen LogP contribution in [0.1, 0.15) is 12.8 Å². The molecule has 0 saturated heterocycles. The van der Waals surface area contributed by atoms with Gasteiger partial charge in [0.25, 0.3) is 0 Å². The number of benzene rings is 1. The van der Waals surface area contributed by atoms with Gasteiger partial charge < -0.3 is 0 Å². The first kappa shape index (κ1) is 14.4. The number of para-hydroxylation sites is 1. The molecule has 0 spiro atoms. The number of hydrogen-bond donors (Lipinski definition) is 0. The molecule has 1 aliphatic carbocycles. The molecule has 0 aliphatic heterocycles. The molecule has 1 fully saturated rings. The van der Waals surface area contributed by atoms with Crippen LogP contribution in [0, 0.1) is 17.4 Å². The van der Waals surface area contributed by atoms with Crippen molar-refractivity contribution in [3.05, 3.63) is 30.3 Å². The summed E-state index contributed by atoms with van der Waals surface area (Å²) in [6.07, 6.45) is 2.76. The second kappa shape index (κ2) is 6.45. The maximum absolute atomic E-state index is 4.69. The van der Waals surface area contributed by atoms with E-state index in [9.17, 15) is 0 Å². The Morgan fingerprint density at radius 3 is 2.53 bits per heavy atom. The summed E-state index contributed by atoms with van der Waals surface area (Å²) in [5.74, 6) is 5.39. The first-order chi connectivity index (χ1) is 9.03. The van der Waals surface area contributed by atoms with Crippen molar-refractivity contribution in [1.29, 1.82) is 0 Å². The molecule has 0 N–H and O–H groups in total. The van der Waals surface area contributed by atoms with Crippen LogP contribution in [0.25, 0.3) is 0 Å². The van der Waals surface area contributed by atoms with Crippen molar-refractivity contribution in [2.24, 2.45) is 10.9 Å². The zero-order chi connectivity index (χ0) is 13.7. The summed E-state index contributed by atoms with van der Waals surface area (Å²) in [5.41, 5.74) is 4.43. The molecule has 1 aromatic carbocycles. The highest BCUT2D eigenvalue weighted by Gasteiger charge is 2.21. The minimum absolute atomic E-state index is 0.902. The lowest BCUT2D eigenvalue weighted by molar-refractivity contribution is 1.00. The maximum atomic E-state index is 4.69. The van der Waals surface area contributed by atoms with E-state index in [0.717, 1.165) is 16.6 Å². The topological polar surface area (TPSA) is 12.4 Å². The highest BCUT2D eigenvalue weighted by Crippen LogP contribution is 2.33. The fourth-order valence-corrected chi connectivity index (χ4v) is 3.04. The van der Waals surface area contributed by atoms with Crippen LogP contribution in [0.2, 0.25) is 19.6 Å². The Balaban J connectivity index is 2.12. The minimum atomic E-state index is -1.33. The highest BCUT2D eigenvalue weighted by molar-refractivity contribution is 8.14. The smallest absolute Gasteiger partial charge is 0.146 e. The van der Waals surface area contributed by atoms with Gasteiger partial charge in [-0.15, -0.1) is 5.54 Å².